The van der Waals surface area contributed by atoms with E-state index in [-0.39, 0.29) is 10.6 Å². The first-order chi connectivity index (χ1) is 11.5. The number of nitrogens with one attached hydrogen (secondary N) is 2. The standard InChI is InChI=1S/C16H11N3O3S2/c20-15(18-16-17-11-6-2-3-7-13(11)23-16)9-12-10-5-1-4-8-14(10)24(21,22)19-12/h1-9,19H,(H,17,18,20)/b12-9-. The van der Waals surface area contributed by atoms with Crippen molar-refractivity contribution < 1.29 is 13.2 Å². The Morgan fingerprint density at radius 3 is 2.71 bits per heavy atom. The largest absolute Gasteiger partial charge is 0.298 e. The van der Waals surface area contributed by atoms with Crippen LogP contribution in [-0.4, -0.2) is 19.3 Å². The number of hydrogen-bond acceptors (Lipinski definition) is 5. The summed E-state index contributed by atoms with van der Waals surface area (Å²) in [6, 6.07) is 14.1. The Morgan fingerprint density at radius 1 is 1.12 bits per heavy atom. The summed E-state index contributed by atoms with van der Waals surface area (Å²) >= 11 is 1.36. The minimum atomic E-state index is -3.61. The molecule has 2 N–H and O–H groups in total. The van der Waals surface area contributed by atoms with E-state index in [0.29, 0.717) is 10.7 Å². The van der Waals surface area contributed by atoms with E-state index < -0.39 is 15.9 Å². The lowest BCUT2D eigenvalue weighted by Crippen LogP contribution is -2.16. The molecule has 6 nitrogen and oxygen atoms in total. The number of rotatable bonds is 2. The van der Waals surface area contributed by atoms with Gasteiger partial charge in [0.05, 0.1) is 20.8 Å². The Labute approximate surface area is 141 Å². The molecule has 0 unspecified atom stereocenters. The quantitative estimate of drug-likeness (QED) is 0.690. The van der Waals surface area contributed by atoms with Gasteiger partial charge in [-0.2, -0.15) is 0 Å². The number of carbonyl (C=O) groups excluding carboxylic acids is 1. The molecular weight excluding hydrogens is 346 g/mol. The third kappa shape index (κ3) is 2.55. The van der Waals surface area contributed by atoms with Crippen LogP contribution in [0.1, 0.15) is 5.56 Å². The Bertz CT molecular complexity index is 1070. The van der Waals surface area contributed by atoms with Crippen LogP contribution in [0.25, 0.3) is 15.9 Å². The molecule has 4 rings (SSSR count). The van der Waals surface area contributed by atoms with E-state index in [4.69, 9.17) is 0 Å². The molecule has 0 fully saturated rings. The molecular formula is C16H11N3O3S2. The van der Waals surface area contributed by atoms with Gasteiger partial charge in [-0.15, -0.1) is 0 Å². The fraction of sp³-hybridized carbons (Fsp3) is 0. The predicted octanol–water partition coefficient (Wildman–Crippen LogP) is 2.57. The number of carbonyl (C=O) groups is 1. The van der Waals surface area contributed by atoms with Crippen molar-refractivity contribution in [1.82, 2.24) is 9.71 Å². The fourth-order valence-electron chi connectivity index (χ4n) is 2.48. The number of fused-ring (bicyclic) bond motifs is 2. The van der Waals surface area contributed by atoms with Crippen LogP contribution in [0.15, 0.2) is 59.5 Å². The molecule has 120 valence electrons. The van der Waals surface area contributed by atoms with Crippen LogP contribution < -0.4 is 10.0 Å². The summed E-state index contributed by atoms with van der Waals surface area (Å²) in [5, 5.41) is 3.14. The Balaban J connectivity index is 1.63. The molecule has 3 aromatic rings. The Kier molecular flexibility index (Phi) is 3.36. The number of para-hydroxylation sites is 1. The number of thiazole rings is 1. The molecule has 2 heterocycles. The van der Waals surface area contributed by atoms with Crippen molar-refractivity contribution in [2.24, 2.45) is 0 Å². The molecule has 1 aliphatic heterocycles. The maximum Gasteiger partial charge on any atom is 0.262 e. The van der Waals surface area contributed by atoms with Crippen molar-refractivity contribution in [3.8, 4) is 0 Å². The molecule has 0 saturated heterocycles. The highest BCUT2D eigenvalue weighted by Gasteiger charge is 2.29. The van der Waals surface area contributed by atoms with E-state index >= 15 is 0 Å². The number of aromatic nitrogens is 1. The van der Waals surface area contributed by atoms with Gasteiger partial charge in [-0.05, 0) is 18.2 Å². The van der Waals surface area contributed by atoms with E-state index in [9.17, 15) is 13.2 Å². The first-order valence-corrected chi connectivity index (χ1v) is 9.33. The van der Waals surface area contributed by atoms with Crippen molar-refractivity contribution >= 4 is 48.3 Å². The normalized spacial score (nSPS) is 16.8. The Hall–Kier alpha value is -2.71. The van der Waals surface area contributed by atoms with Gasteiger partial charge in [0, 0.05) is 11.6 Å². The minimum absolute atomic E-state index is 0.170. The summed E-state index contributed by atoms with van der Waals surface area (Å²) < 4.78 is 27.4. The van der Waals surface area contributed by atoms with Gasteiger partial charge < -0.3 is 0 Å². The van der Waals surface area contributed by atoms with Crippen molar-refractivity contribution in [3.63, 3.8) is 0 Å². The topological polar surface area (TPSA) is 88.2 Å². The molecule has 0 aliphatic carbocycles. The average Bonchev–Trinajstić information content (AvgIpc) is 3.06. The average molecular weight is 357 g/mol. The van der Waals surface area contributed by atoms with E-state index in [1.807, 2.05) is 24.3 Å². The zero-order valence-electron chi connectivity index (χ0n) is 12.2. The highest BCUT2D eigenvalue weighted by Crippen LogP contribution is 2.30. The van der Waals surface area contributed by atoms with Gasteiger partial charge in [-0.3, -0.25) is 14.8 Å². The summed E-state index contributed by atoms with van der Waals surface area (Å²) in [6.07, 6.45) is 1.23. The maximum atomic E-state index is 12.2. The van der Waals surface area contributed by atoms with Gasteiger partial charge in [0.1, 0.15) is 0 Å². The van der Waals surface area contributed by atoms with Gasteiger partial charge in [0.2, 0.25) is 0 Å². The van der Waals surface area contributed by atoms with Gasteiger partial charge in [-0.1, -0.05) is 41.7 Å². The fourth-order valence-corrected chi connectivity index (χ4v) is 4.65. The van der Waals surface area contributed by atoms with Gasteiger partial charge >= 0.3 is 0 Å². The third-order valence-electron chi connectivity index (χ3n) is 3.51. The van der Waals surface area contributed by atoms with Crippen LogP contribution >= 0.6 is 11.3 Å². The lowest BCUT2D eigenvalue weighted by atomic mass is 10.1. The molecule has 1 aromatic heterocycles. The molecule has 0 atom stereocenters. The van der Waals surface area contributed by atoms with E-state index in [0.717, 1.165) is 10.2 Å². The molecule has 1 aliphatic rings. The highest BCUT2D eigenvalue weighted by molar-refractivity contribution is 7.90. The monoisotopic (exact) mass is 357 g/mol. The van der Waals surface area contributed by atoms with E-state index in [1.165, 1.54) is 23.5 Å². The summed E-state index contributed by atoms with van der Waals surface area (Å²) in [6.45, 7) is 0. The van der Waals surface area contributed by atoms with Crippen molar-refractivity contribution in [2.75, 3.05) is 5.32 Å². The van der Waals surface area contributed by atoms with Gasteiger partial charge in [-0.25, -0.2) is 13.4 Å². The molecule has 8 heteroatoms. The van der Waals surface area contributed by atoms with Crippen LogP contribution in [0.3, 0.4) is 0 Å². The maximum absolute atomic E-state index is 12.2. The SMILES string of the molecule is O=C(/C=C1\NS(=O)(=O)c2ccccc21)Nc1nc2ccccc2s1. The number of amides is 1. The zero-order valence-corrected chi connectivity index (χ0v) is 13.8. The van der Waals surface area contributed by atoms with E-state index in [2.05, 4.69) is 15.0 Å². The summed E-state index contributed by atoms with van der Waals surface area (Å²) in [7, 11) is -3.61. The highest BCUT2D eigenvalue weighted by atomic mass is 32.2. The molecule has 0 saturated carbocycles. The van der Waals surface area contributed by atoms with E-state index in [1.54, 1.807) is 18.2 Å². The molecule has 2 aromatic carbocycles. The number of nitrogens with zero attached hydrogens (tertiary/aromatic N) is 1. The summed E-state index contributed by atoms with van der Waals surface area (Å²) in [5.41, 5.74) is 1.54. The number of benzene rings is 2. The Morgan fingerprint density at radius 2 is 1.88 bits per heavy atom. The van der Waals surface area contributed by atoms with Crippen molar-refractivity contribution in [3.05, 3.63) is 60.2 Å². The van der Waals surface area contributed by atoms with Crippen molar-refractivity contribution in [1.29, 1.82) is 0 Å². The first kappa shape index (κ1) is 14.9. The van der Waals surface area contributed by atoms with Crippen LogP contribution in [-0.2, 0) is 14.8 Å². The van der Waals surface area contributed by atoms with Crippen LogP contribution in [0.2, 0.25) is 0 Å². The molecule has 1 amide bonds. The number of anilines is 1. The minimum Gasteiger partial charge on any atom is -0.298 e. The third-order valence-corrected chi connectivity index (χ3v) is 5.89. The number of hydrogen-bond donors (Lipinski definition) is 2. The lowest BCUT2D eigenvalue weighted by molar-refractivity contribution is -0.111. The predicted molar refractivity (Wildman–Crippen MR) is 93.0 cm³/mol. The van der Waals surface area contributed by atoms with Gasteiger partial charge in [0.25, 0.3) is 15.9 Å². The molecule has 0 bridgehead atoms. The molecule has 24 heavy (non-hydrogen) atoms. The second kappa shape index (κ2) is 5.43. The van der Waals surface area contributed by atoms with Crippen LogP contribution in [0.4, 0.5) is 5.13 Å². The molecule has 0 radical (unpaired) electrons. The van der Waals surface area contributed by atoms with Crippen LogP contribution in [0.5, 0.6) is 0 Å². The zero-order chi connectivity index (χ0) is 16.7. The van der Waals surface area contributed by atoms with Gasteiger partial charge in [0.15, 0.2) is 5.13 Å². The smallest absolute Gasteiger partial charge is 0.262 e. The summed E-state index contributed by atoms with van der Waals surface area (Å²) in [4.78, 5) is 16.7. The number of sulfonamides is 1. The lowest BCUT2D eigenvalue weighted by Gasteiger charge is -2.00. The molecule has 0 spiro atoms. The second-order valence-corrected chi connectivity index (χ2v) is 7.82. The van der Waals surface area contributed by atoms with Crippen LogP contribution in [0, 0.1) is 0 Å². The van der Waals surface area contributed by atoms with Crippen molar-refractivity contribution in [2.45, 2.75) is 4.90 Å². The first-order valence-electron chi connectivity index (χ1n) is 7.03. The second-order valence-electron chi connectivity index (χ2n) is 5.14. The summed E-state index contributed by atoms with van der Waals surface area (Å²) in [5.74, 6) is -0.441.